The summed E-state index contributed by atoms with van der Waals surface area (Å²) in [5.41, 5.74) is 3.11. The molecule has 0 radical (unpaired) electrons. The lowest BCUT2D eigenvalue weighted by Gasteiger charge is -2.37. The van der Waals surface area contributed by atoms with Gasteiger partial charge in [0.15, 0.2) is 0 Å². The summed E-state index contributed by atoms with van der Waals surface area (Å²) in [5, 5.41) is 4.06. The molecule has 1 aliphatic rings. The van der Waals surface area contributed by atoms with Crippen LogP contribution in [0.25, 0.3) is 0 Å². The number of halogens is 2. The number of aryl methyl sites for hydroxylation is 1. The summed E-state index contributed by atoms with van der Waals surface area (Å²) in [6, 6.07) is 13.7. The topological polar surface area (TPSA) is 41.6 Å². The number of nitrogens with one attached hydrogen (secondary N) is 1. The predicted molar refractivity (Wildman–Crippen MR) is 107 cm³/mol. The predicted octanol–water partition coefficient (Wildman–Crippen LogP) is 3.79. The van der Waals surface area contributed by atoms with E-state index in [4.69, 9.17) is 16.3 Å². The molecule has 0 saturated carbocycles. The zero-order valence-corrected chi connectivity index (χ0v) is 16.6. The van der Waals surface area contributed by atoms with Gasteiger partial charge in [-0.3, -0.25) is 4.79 Å². The molecule has 6 heteroatoms. The Balaban J connectivity index is 0.00000243. The maximum absolute atomic E-state index is 13.0. The molecule has 1 atom stereocenters. The number of benzene rings is 2. The summed E-state index contributed by atoms with van der Waals surface area (Å²) in [6.07, 6.45) is 0.335. The van der Waals surface area contributed by atoms with Crippen LogP contribution in [0.4, 0.5) is 0 Å². The normalized spacial score (nSPS) is 16.7. The molecule has 1 heterocycles. The fourth-order valence-electron chi connectivity index (χ4n) is 3.32. The number of carbonyl (C=O) groups excluding carboxylic acids is 1. The summed E-state index contributed by atoms with van der Waals surface area (Å²) in [4.78, 5) is 15.0. The fourth-order valence-corrected chi connectivity index (χ4v) is 3.52. The van der Waals surface area contributed by atoms with Crippen LogP contribution in [0.2, 0.25) is 5.02 Å². The SMILES string of the molecule is COc1ccc(C)cc1CC(=O)N1CCNCC1c1cccc(Cl)c1.Cl. The lowest BCUT2D eigenvalue weighted by atomic mass is 10.0. The molecule has 0 spiro atoms. The van der Waals surface area contributed by atoms with Crippen molar-refractivity contribution in [2.24, 2.45) is 0 Å². The zero-order valence-electron chi connectivity index (χ0n) is 15.0. The Morgan fingerprint density at radius 1 is 1.31 bits per heavy atom. The van der Waals surface area contributed by atoms with Crippen LogP contribution in [0.1, 0.15) is 22.7 Å². The molecule has 4 nitrogen and oxygen atoms in total. The Morgan fingerprint density at radius 2 is 2.12 bits per heavy atom. The molecule has 1 saturated heterocycles. The van der Waals surface area contributed by atoms with Gasteiger partial charge in [-0.15, -0.1) is 12.4 Å². The number of hydrogen-bond acceptors (Lipinski definition) is 3. The van der Waals surface area contributed by atoms with Crippen molar-refractivity contribution in [3.8, 4) is 5.75 Å². The number of piperazine rings is 1. The lowest BCUT2D eigenvalue weighted by Crippen LogP contribution is -2.49. The van der Waals surface area contributed by atoms with Crippen LogP contribution >= 0.6 is 24.0 Å². The summed E-state index contributed by atoms with van der Waals surface area (Å²) >= 11 is 6.14. The van der Waals surface area contributed by atoms with Crippen LogP contribution in [-0.2, 0) is 11.2 Å². The average molecular weight is 395 g/mol. The molecule has 2 aromatic rings. The van der Waals surface area contributed by atoms with Gasteiger partial charge in [0.2, 0.25) is 5.91 Å². The molecule has 0 bridgehead atoms. The Hall–Kier alpha value is -1.75. The van der Waals surface area contributed by atoms with Gasteiger partial charge in [0.1, 0.15) is 5.75 Å². The van der Waals surface area contributed by atoms with Gasteiger partial charge in [-0.25, -0.2) is 0 Å². The highest BCUT2D eigenvalue weighted by Gasteiger charge is 2.28. The van der Waals surface area contributed by atoms with Gasteiger partial charge in [-0.1, -0.05) is 41.4 Å². The van der Waals surface area contributed by atoms with Crippen molar-refractivity contribution in [1.82, 2.24) is 10.2 Å². The molecule has 1 N–H and O–H groups in total. The molecular weight excluding hydrogens is 371 g/mol. The van der Waals surface area contributed by atoms with E-state index in [2.05, 4.69) is 5.32 Å². The maximum Gasteiger partial charge on any atom is 0.227 e. The molecule has 140 valence electrons. The second-order valence-corrected chi connectivity index (χ2v) is 6.79. The van der Waals surface area contributed by atoms with Crippen LogP contribution in [0.5, 0.6) is 5.75 Å². The van der Waals surface area contributed by atoms with E-state index in [1.54, 1.807) is 7.11 Å². The zero-order chi connectivity index (χ0) is 17.8. The van der Waals surface area contributed by atoms with E-state index in [1.807, 2.05) is 54.3 Å². The average Bonchev–Trinajstić information content (AvgIpc) is 2.62. The second-order valence-electron chi connectivity index (χ2n) is 6.35. The van der Waals surface area contributed by atoms with Gasteiger partial charge < -0.3 is 15.0 Å². The van der Waals surface area contributed by atoms with Crippen molar-refractivity contribution in [2.45, 2.75) is 19.4 Å². The van der Waals surface area contributed by atoms with E-state index in [-0.39, 0.29) is 24.4 Å². The smallest absolute Gasteiger partial charge is 0.227 e. The van der Waals surface area contributed by atoms with Crippen molar-refractivity contribution >= 4 is 29.9 Å². The van der Waals surface area contributed by atoms with E-state index in [9.17, 15) is 4.79 Å². The fraction of sp³-hybridized carbons (Fsp3) is 0.350. The van der Waals surface area contributed by atoms with Crippen molar-refractivity contribution in [1.29, 1.82) is 0 Å². The lowest BCUT2D eigenvalue weighted by molar-refractivity contribution is -0.133. The van der Waals surface area contributed by atoms with Gasteiger partial charge in [-0.05, 0) is 30.7 Å². The first-order chi connectivity index (χ1) is 12.1. The molecule has 2 aromatic carbocycles. The van der Waals surface area contributed by atoms with Crippen LogP contribution in [0.3, 0.4) is 0 Å². The number of methoxy groups -OCH3 is 1. The van der Waals surface area contributed by atoms with Crippen LogP contribution in [-0.4, -0.2) is 37.6 Å². The van der Waals surface area contributed by atoms with E-state index in [0.29, 0.717) is 18.0 Å². The van der Waals surface area contributed by atoms with E-state index < -0.39 is 0 Å². The maximum atomic E-state index is 13.0. The molecule has 1 unspecified atom stereocenters. The van der Waals surface area contributed by atoms with Crippen molar-refractivity contribution in [3.05, 3.63) is 64.2 Å². The molecule has 3 rings (SSSR count). The largest absolute Gasteiger partial charge is 0.496 e. The summed E-state index contributed by atoms with van der Waals surface area (Å²) in [5.74, 6) is 0.865. The number of hydrogen-bond donors (Lipinski definition) is 1. The van der Waals surface area contributed by atoms with Gasteiger partial charge in [0, 0.05) is 30.2 Å². The highest BCUT2D eigenvalue weighted by atomic mass is 35.5. The molecule has 1 amide bonds. The molecule has 0 aliphatic carbocycles. The van der Waals surface area contributed by atoms with Crippen LogP contribution < -0.4 is 10.1 Å². The number of ether oxygens (including phenoxy) is 1. The first kappa shape index (κ1) is 20.6. The van der Waals surface area contributed by atoms with Gasteiger partial charge >= 0.3 is 0 Å². The summed E-state index contributed by atoms with van der Waals surface area (Å²) in [7, 11) is 1.64. The van der Waals surface area contributed by atoms with Gasteiger partial charge in [0.05, 0.1) is 19.6 Å². The van der Waals surface area contributed by atoms with Crippen LogP contribution in [0, 0.1) is 6.92 Å². The monoisotopic (exact) mass is 394 g/mol. The molecule has 1 aliphatic heterocycles. The van der Waals surface area contributed by atoms with Crippen LogP contribution in [0.15, 0.2) is 42.5 Å². The van der Waals surface area contributed by atoms with E-state index >= 15 is 0 Å². The first-order valence-corrected chi connectivity index (χ1v) is 8.85. The molecule has 1 fully saturated rings. The minimum Gasteiger partial charge on any atom is -0.496 e. The third kappa shape index (κ3) is 4.70. The van der Waals surface area contributed by atoms with E-state index in [0.717, 1.165) is 35.5 Å². The first-order valence-electron chi connectivity index (χ1n) is 8.47. The van der Waals surface area contributed by atoms with Gasteiger partial charge in [0.25, 0.3) is 0 Å². The number of rotatable bonds is 4. The molecule has 26 heavy (non-hydrogen) atoms. The second kappa shape index (κ2) is 9.26. The Bertz CT molecular complexity index is 767. The van der Waals surface area contributed by atoms with Crippen molar-refractivity contribution < 1.29 is 9.53 Å². The number of carbonyl (C=O) groups is 1. The summed E-state index contributed by atoms with van der Waals surface area (Å²) in [6.45, 7) is 4.24. The number of nitrogens with zero attached hydrogens (tertiary/aromatic N) is 1. The molecular formula is C20H24Cl2N2O2. The third-order valence-corrected chi connectivity index (χ3v) is 4.81. The minimum absolute atomic E-state index is 0. The minimum atomic E-state index is -0.00393. The van der Waals surface area contributed by atoms with Crippen molar-refractivity contribution in [3.63, 3.8) is 0 Å². The summed E-state index contributed by atoms with van der Waals surface area (Å²) < 4.78 is 5.42. The highest BCUT2D eigenvalue weighted by molar-refractivity contribution is 6.30. The Labute approximate surface area is 165 Å². The van der Waals surface area contributed by atoms with Gasteiger partial charge in [-0.2, -0.15) is 0 Å². The quantitative estimate of drug-likeness (QED) is 0.857. The Morgan fingerprint density at radius 3 is 2.85 bits per heavy atom. The molecule has 0 aromatic heterocycles. The van der Waals surface area contributed by atoms with E-state index in [1.165, 1.54) is 0 Å². The van der Waals surface area contributed by atoms with Crippen molar-refractivity contribution in [2.75, 3.05) is 26.7 Å². The standard InChI is InChI=1S/C20H23ClN2O2.ClH/c1-14-6-7-19(25-2)16(10-14)12-20(24)23-9-8-22-13-18(23)15-4-3-5-17(21)11-15;/h3-7,10-11,18,22H,8-9,12-13H2,1-2H3;1H. The number of amides is 1. The third-order valence-electron chi connectivity index (χ3n) is 4.57. The highest BCUT2D eigenvalue weighted by Crippen LogP contribution is 2.27. The Kier molecular flexibility index (Phi) is 7.33.